The van der Waals surface area contributed by atoms with Gasteiger partial charge < -0.3 is 9.47 Å². The molecule has 27 heavy (non-hydrogen) atoms. The molecule has 0 N–H and O–H groups in total. The fraction of sp³-hybridized carbons (Fsp3) is 0.591. The Balaban J connectivity index is 1.61. The number of ketones is 1. The van der Waals surface area contributed by atoms with Crippen LogP contribution in [0.3, 0.4) is 0 Å². The molecule has 2 fully saturated rings. The van der Waals surface area contributed by atoms with Crippen molar-refractivity contribution < 1.29 is 23.9 Å². The average molecular weight is 370 g/mol. The molecule has 5 atom stereocenters. The van der Waals surface area contributed by atoms with E-state index in [-0.39, 0.29) is 29.1 Å². The van der Waals surface area contributed by atoms with Gasteiger partial charge in [-0.3, -0.25) is 14.4 Å². The number of Topliss-reactive ketones (excluding diaryl/α,β-unsaturated/α-hetero) is 1. The molecule has 2 saturated carbocycles. The van der Waals surface area contributed by atoms with Crippen molar-refractivity contribution in [2.24, 2.45) is 17.3 Å². The van der Waals surface area contributed by atoms with Crippen LogP contribution in [0.25, 0.3) is 0 Å². The second-order valence-electron chi connectivity index (χ2n) is 8.52. The topological polar surface area (TPSA) is 69.7 Å². The molecule has 0 unspecified atom stereocenters. The lowest BCUT2D eigenvalue weighted by Crippen LogP contribution is -2.43. The summed E-state index contributed by atoms with van der Waals surface area (Å²) in [7, 11) is 0. The van der Waals surface area contributed by atoms with Gasteiger partial charge in [0.15, 0.2) is 11.9 Å². The van der Waals surface area contributed by atoms with E-state index in [1.807, 2.05) is 12.1 Å². The van der Waals surface area contributed by atoms with Gasteiger partial charge in [-0.2, -0.15) is 0 Å². The lowest BCUT2D eigenvalue weighted by molar-refractivity contribution is -0.153. The molecule has 0 amide bonds. The molecule has 0 radical (unpaired) electrons. The third-order valence-corrected chi connectivity index (χ3v) is 6.98. The van der Waals surface area contributed by atoms with Crippen LogP contribution < -0.4 is 4.74 Å². The molecule has 0 bridgehead atoms. The summed E-state index contributed by atoms with van der Waals surface area (Å²) >= 11 is 0. The number of carbonyl (C=O) groups is 3. The molecule has 0 aromatic heterocycles. The maximum absolute atomic E-state index is 12.9. The van der Waals surface area contributed by atoms with Gasteiger partial charge in [-0.05, 0) is 73.1 Å². The molecule has 1 aromatic rings. The van der Waals surface area contributed by atoms with Crippen LogP contribution in [-0.4, -0.2) is 23.8 Å². The molecule has 0 heterocycles. The molecule has 4 rings (SSSR count). The SMILES string of the molecule is CC(=O)Oc1ccc2c(c1)CC[C@@H]1[C@@H]2CC[C@@]2(C)C(=O)[C@H](OC(C)=O)C[C@@H]12. The van der Waals surface area contributed by atoms with E-state index >= 15 is 0 Å². The highest BCUT2D eigenvalue weighted by molar-refractivity contribution is 5.93. The van der Waals surface area contributed by atoms with Crippen molar-refractivity contribution in [3.8, 4) is 5.75 Å². The summed E-state index contributed by atoms with van der Waals surface area (Å²) in [5.41, 5.74) is 2.20. The molecule has 144 valence electrons. The van der Waals surface area contributed by atoms with E-state index < -0.39 is 6.10 Å². The molecule has 1 aromatic carbocycles. The van der Waals surface area contributed by atoms with Gasteiger partial charge in [-0.25, -0.2) is 0 Å². The maximum atomic E-state index is 12.9. The number of esters is 2. The number of carbonyl (C=O) groups excluding carboxylic acids is 3. The standard InChI is InChI=1S/C22H26O5/c1-12(23)26-15-5-7-16-14(10-15)4-6-18-17(16)8-9-22(3)19(18)11-20(21(22)25)27-13(2)24/h5,7,10,17-20H,4,6,8-9,11H2,1-3H3/t17-,18-,19+,20-,22-/m1/s1. The highest BCUT2D eigenvalue weighted by atomic mass is 16.5. The van der Waals surface area contributed by atoms with Crippen molar-refractivity contribution in [2.75, 3.05) is 0 Å². The first-order valence-corrected chi connectivity index (χ1v) is 9.82. The van der Waals surface area contributed by atoms with Crippen molar-refractivity contribution in [3.05, 3.63) is 29.3 Å². The third kappa shape index (κ3) is 2.97. The molecular weight excluding hydrogens is 344 g/mol. The van der Waals surface area contributed by atoms with Gasteiger partial charge in [-0.1, -0.05) is 13.0 Å². The highest BCUT2D eigenvalue weighted by Gasteiger charge is 2.59. The Hall–Kier alpha value is -2.17. The second kappa shape index (κ2) is 6.47. The first-order valence-electron chi connectivity index (χ1n) is 9.82. The van der Waals surface area contributed by atoms with Crippen LogP contribution in [-0.2, 0) is 25.5 Å². The zero-order chi connectivity index (χ0) is 19.3. The number of hydrogen-bond donors (Lipinski definition) is 0. The largest absolute Gasteiger partial charge is 0.455 e. The van der Waals surface area contributed by atoms with Crippen molar-refractivity contribution in [2.45, 2.75) is 64.9 Å². The zero-order valence-electron chi connectivity index (χ0n) is 16.1. The molecular formula is C22H26O5. The van der Waals surface area contributed by atoms with Crippen molar-refractivity contribution >= 4 is 17.7 Å². The zero-order valence-corrected chi connectivity index (χ0v) is 16.1. The molecule has 0 aliphatic heterocycles. The van der Waals surface area contributed by atoms with Gasteiger partial charge in [0.25, 0.3) is 0 Å². The molecule has 3 aliphatic carbocycles. The van der Waals surface area contributed by atoms with Crippen LogP contribution in [0.5, 0.6) is 5.75 Å². The summed E-state index contributed by atoms with van der Waals surface area (Å²) in [6.07, 6.45) is 3.81. The van der Waals surface area contributed by atoms with Crippen molar-refractivity contribution in [1.29, 1.82) is 0 Å². The van der Waals surface area contributed by atoms with E-state index in [0.29, 0.717) is 24.0 Å². The second-order valence-corrected chi connectivity index (χ2v) is 8.52. The van der Waals surface area contributed by atoms with Gasteiger partial charge in [0.05, 0.1) is 0 Å². The number of hydrogen-bond acceptors (Lipinski definition) is 5. The van der Waals surface area contributed by atoms with Crippen LogP contribution in [0.1, 0.15) is 63.5 Å². The number of ether oxygens (including phenoxy) is 2. The Morgan fingerprint density at radius 1 is 1.15 bits per heavy atom. The van der Waals surface area contributed by atoms with Gasteiger partial charge in [0.1, 0.15) is 5.75 Å². The van der Waals surface area contributed by atoms with Gasteiger partial charge in [0, 0.05) is 19.3 Å². The molecule has 5 nitrogen and oxygen atoms in total. The Morgan fingerprint density at radius 3 is 2.63 bits per heavy atom. The van der Waals surface area contributed by atoms with Gasteiger partial charge in [0.2, 0.25) is 0 Å². The Morgan fingerprint density at radius 2 is 1.93 bits per heavy atom. The fourth-order valence-corrected chi connectivity index (χ4v) is 5.86. The number of benzene rings is 1. The van der Waals surface area contributed by atoms with Gasteiger partial charge >= 0.3 is 11.9 Å². The fourth-order valence-electron chi connectivity index (χ4n) is 5.86. The van der Waals surface area contributed by atoms with Crippen LogP contribution in [0, 0.1) is 17.3 Å². The molecule has 0 spiro atoms. The summed E-state index contributed by atoms with van der Waals surface area (Å²) in [6.45, 7) is 4.85. The van der Waals surface area contributed by atoms with E-state index in [2.05, 4.69) is 13.0 Å². The molecule has 3 aliphatic rings. The Kier molecular flexibility index (Phi) is 4.36. The van der Waals surface area contributed by atoms with E-state index in [9.17, 15) is 14.4 Å². The summed E-state index contributed by atoms with van der Waals surface area (Å²) in [6, 6.07) is 5.95. The molecule has 0 saturated heterocycles. The minimum Gasteiger partial charge on any atom is -0.455 e. The lowest BCUT2D eigenvalue weighted by Gasteiger charge is -2.48. The smallest absolute Gasteiger partial charge is 0.308 e. The Bertz CT molecular complexity index is 813. The lowest BCUT2D eigenvalue weighted by atomic mass is 9.55. The van der Waals surface area contributed by atoms with E-state index in [4.69, 9.17) is 9.47 Å². The van der Waals surface area contributed by atoms with E-state index in [1.165, 1.54) is 25.0 Å². The predicted octanol–water partition coefficient (Wildman–Crippen LogP) is 3.58. The summed E-state index contributed by atoms with van der Waals surface area (Å²) in [5, 5.41) is 0. The van der Waals surface area contributed by atoms with Crippen LogP contribution in [0.15, 0.2) is 18.2 Å². The monoisotopic (exact) mass is 370 g/mol. The summed E-state index contributed by atoms with van der Waals surface area (Å²) < 4.78 is 10.6. The average Bonchev–Trinajstić information content (AvgIpc) is 2.85. The number of rotatable bonds is 2. The Labute approximate surface area is 159 Å². The van der Waals surface area contributed by atoms with Crippen LogP contribution in [0.4, 0.5) is 0 Å². The quantitative estimate of drug-likeness (QED) is 0.588. The van der Waals surface area contributed by atoms with Crippen LogP contribution >= 0.6 is 0 Å². The third-order valence-electron chi connectivity index (χ3n) is 6.98. The minimum absolute atomic E-state index is 0.108. The highest BCUT2D eigenvalue weighted by Crippen LogP contribution is 2.60. The molecule has 5 heteroatoms. The maximum Gasteiger partial charge on any atom is 0.308 e. The van der Waals surface area contributed by atoms with Gasteiger partial charge in [-0.15, -0.1) is 0 Å². The van der Waals surface area contributed by atoms with Crippen LogP contribution in [0.2, 0.25) is 0 Å². The van der Waals surface area contributed by atoms with Crippen molar-refractivity contribution in [3.63, 3.8) is 0 Å². The number of aryl methyl sites for hydroxylation is 1. The van der Waals surface area contributed by atoms with E-state index in [0.717, 1.165) is 25.7 Å². The summed E-state index contributed by atoms with van der Waals surface area (Å²) in [5.74, 6) is 1.14. The minimum atomic E-state index is -0.580. The summed E-state index contributed by atoms with van der Waals surface area (Å²) in [4.78, 5) is 35.6. The predicted molar refractivity (Wildman–Crippen MR) is 98.3 cm³/mol. The number of fused-ring (bicyclic) bond motifs is 5. The van der Waals surface area contributed by atoms with Crippen molar-refractivity contribution in [1.82, 2.24) is 0 Å². The first-order chi connectivity index (χ1) is 12.8. The first kappa shape index (κ1) is 18.2. The van der Waals surface area contributed by atoms with E-state index in [1.54, 1.807) is 0 Å². The normalized spacial score (nSPS) is 34.3.